The monoisotopic (exact) mass is 241 g/mol. The van der Waals surface area contributed by atoms with Crippen LogP contribution in [-0.4, -0.2) is 9.96 Å². The number of carbonyl (C=O) groups excluding carboxylic acids is 1. The summed E-state index contributed by atoms with van der Waals surface area (Å²) in [4.78, 5) is 10.4. The fourth-order valence-corrected chi connectivity index (χ4v) is 1.23. The second-order valence-electron chi connectivity index (χ2n) is 2.11. The van der Waals surface area contributed by atoms with E-state index in [0.29, 0.717) is 6.04 Å². The van der Waals surface area contributed by atoms with Crippen LogP contribution in [0.5, 0.6) is 0 Å². The molecule has 0 fully saturated rings. The van der Waals surface area contributed by atoms with Crippen molar-refractivity contribution >= 4 is 26.5 Å². The zero-order valence-electron chi connectivity index (χ0n) is 5.78. The van der Waals surface area contributed by atoms with Crippen LogP contribution in [0.3, 0.4) is 0 Å². The molecule has 0 saturated carbocycles. The molecule has 0 heterocycles. The van der Waals surface area contributed by atoms with Gasteiger partial charge >= 0.3 is 0 Å². The normalized spacial score (nSPS) is 12.8. The van der Waals surface area contributed by atoms with Gasteiger partial charge in [0.25, 0.3) is 3.91 Å². The Hall–Kier alpha value is 0.200. The molecular formula is C6H12INO. The minimum absolute atomic E-state index is 0.0357. The number of halogens is 1. The van der Waals surface area contributed by atoms with Gasteiger partial charge in [-0.1, -0.05) is 13.3 Å². The van der Waals surface area contributed by atoms with Gasteiger partial charge in [0.1, 0.15) is 0 Å². The lowest BCUT2D eigenvalue weighted by Crippen LogP contribution is -2.27. The number of carbonyl (C=O) groups is 1. The summed E-state index contributed by atoms with van der Waals surface area (Å²) >= 11 is 1.75. The van der Waals surface area contributed by atoms with Gasteiger partial charge in [0.2, 0.25) is 0 Å². The van der Waals surface area contributed by atoms with E-state index in [0.717, 1.165) is 12.8 Å². The van der Waals surface area contributed by atoms with Gasteiger partial charge in [-0.25, -0.2) is 0 Å². The first-order valence-electron chi connectivity index (χ1n) is 3.12. The second-order valence-corrected chi connectivity index (χ2v) is 3.09. The van der Waals surface area contributed by atoms with E-state index in [4.69, 9.17) is 0 Å². The third-order valence-electron chi connectivity index (χ3n) is 1.08. The highest BCUT2D eigenvalue weighted by atomic mass is 127. The first kappa shape index (κ1) is 9.20. The Morgan fingerprint density at radius 1 is 1.78 bits per heavy atom. The Labute approximate surface area is 69.5 Å². The topological polar surface area (TPSA) is 29.1 Å². The third-order valence-corrected chi connectivity index (χ3v) is 1.39. The summed E-state index contributed by atoms with van der Waals surface area (Å²) in [5.41, 5.74) is 0. The van der Waals surface area contributed by atoms with Gasteiger partial charge in [0.05, 0.1) is 0 Å². The molecule has 54 valence electrons. The SMILES string of the molecule is CCCC(C)NC(=O)I. The lowest BCUT2D eigenvalue weighted by molar-refractivity contribution is 0.260. The molecule has 0 saturated heterocycles. The fraction of sp³-hybridized carbons (Fsp3) is 0.833. The molecule has 1 unspecified atom stereocenters. The number of amides is 1. The summed E-state index contributed by atoms with van der Waals surface area (Å²) in [5.74, 6) is 0. The Balaban J connectivity index is 3.26. The predicted octanol–water partition coefficient (Wildman–Crippen LogP) is 2.32. The summed E-state index contributed by atoms with van der Waals surface area (Å²) in [6.45, 7) is 4.12. The zero-order valence-corrected chi connectivity index (χ0v) is 7.94. The van der Waals surface area contributed by atoms with E-state index in [2.05, 4.69) is 12.2 Å². The molecular weight excluding hydrogens is 229 g/mol. The van der Waals surface area contributed by atoms with Gasteiger partial charge in [-0.3, -0.25) is 4.79 Å². The van der Waals surface area contributed by atoms with E-state index < -0.39 is 0 Å². The smallest absolute Gasteiger partial charge is 0.280 e. The number of nitrogens with one attached hydrogen (secondary N) is 1. The van der Waals surface area contributed by atoms with Crippen molar-refractivity contribution in [2.45, 2.75) is 32.7 Å². The maximum atomic E-state index is 10.4. The molecule has 0 aliphatic rings. The molecule has 3 heteroatoms. The molecule has 0 rings (SSSR count). The minimum atomic E-state index is 0.0357. The Bertz CT molecular complexity index is 95.1. The minimum Gasteiger partial charge on any atom is -0.345 e. The van der Waals surface area contributed by atoms with Gasteiger partial charge in [-0.2, -0.15) is 0 Å². The molecule has 1 amide bonds. The number of hydrogen-bond acceptors (Lipinski definition) is 1. The molecule has 0 radical (unpaired) electrons. The third kappa shape index (κ3) is 6.08. The fourth-order valence-electron chi connectivity index (χ4n) is 0.699. The molecule has 0 aromatic carbocycles. The molecule has 9 heavy (non-hydrogen) atoms. The zero-order chi connectivity index (χ0) is 7.28. The first-order valence-corrected chi connectivity index (χ1v) is 4.20. The van der Waals surface area contributed by atoms with Gasteiger partial charge in [0, 0.05) is 28.6 Å². The highest BCUT2D eigenvalue weighted by molar-refractivity contribution is 14.1. The molecule has 0 aromatic rings. The Kier molecular flexibility index (Phi) is 5.13. The van der Waals surface area contributed by atoms with Crippen molar-refractivity contribution in [3.05, 3.63) is 0 Å². The standard InChI is InChI=1S/C6H12INO/c1-3-4-5(2)8-6(7)9/h5H,3-4H2,1-2H3,(H,8,9). The van der Waals surface area contributed by atoms with Crippen molar-refractivity contribution in [3.8, 4) is 0 Å². The molecule has 1 N–H and O–H groups in total. The summed E-state index contributed by atoms with van der Waals surface area (Å²) in [6.07, 6.45) is 2.19. The highest BCUT2D eigenvalue weighted by Gasteiger charge is 2.00. The van der Waals surface area contributed by atoms with E-state index in [1.54, 1.807) is 22.6 Å². The maximum absolute atomic E-state index is 10.4. The second kappa shape index (κ2) is 5.02. The molecule has 1 atom stereocenters. The Morgan fingerprint density at radius 3 is 2.67 bits per heavy atom. The van der Waals surface area contributed by atoms with Crippen LogP contribution in [0.25, 0.3) is 0 Å². The highest BCUT2D eigenvalue weighted by Crippen LogP contribution is 1.96. The van der Waals surface area contributed by atoms with Crippen molar-refractivity contribution in [1.29, 1.82) is 0 Å². The largest absolute Gasteiger partial charge is 0.345 e. The lowest BCUT2D eigenvalue weighted by atomic mass is 10.2. The van der Waals surface area contributed by atoms with Gasteiger partial charge in [0.15, 0.2) is 0 Å². The van der Waals surface area contributed by atoms with Gasteiger partial charge in [-0.15, -0.1) is 0 Å². The van der Waals surface area contributed by atoms with Crippen LogP contribution in [0.4, 0.5) is 4.79 Å². The number of rotatable bonds is 3. The van der Waals surface area contributed by atoms with Crippen LogP contribution in [0, 0.1) is 0 Å². The van der Waals surface area contributed by atoms with Crippen molar-refractivity contribution in [2.75, 3.05) is 0 Å². The molecule has 0 bridgehead atoms. The average Bonchev–Trinajstić information content (AvgIpc) is 1.63. The van der Waals surface area contributed by atoms with Crippen molar-refractivity contribution in [3.63, 3.8) is 0 Å². The van der Waals surface area contributed by atoms with E-state index in [1.165, 1.54) is 0 Å². The lowest BCUT2D eigenvalue weighted by Gasteiger charge is -2.08. The van der Waals surface area contributed by atoms with Crippen molar-refractivity contribution in [2.24, 2.45) is 0 Å². The quantitative estimate of drug-likeness (QED) is 0.458. The van der Waals surface area contributed by atoms with Crippen LogP contribution >= 0.6 is 22.6 Å². The van der Waals surface area contributed by atoms with Crippen molar-refractivity contribution < 1.29 is 4.79 Å². The van der Waals surface area contributed by atoms with Gasteiger partial charge < -0.3 is 5.32 Å². The molecule has 0 aliphatic carbocycles. The summed E-state index contributed by atoms with van der Waals surface area (Å²) < 4.78 is 0.0357. The molecule has 0 aromatic heterocycles. The summed E-state index contributed by atoms with van der Waals surface area (Å²) in [5, 5.41) is 2.79. The predicted molar refractivity (Wildman–Crippen MR) is 46.9 cm³/mol. The first-order chi connectivity index (χ1) is 4.16. The van der Waals surface area contributed by atoms with E-state index in [9.17, 15) is 4.79 Å². The van der Waals surface area contributed by atoms with E-state index in [1.807, 2.05) is 6.92 Å². The van der Waals surface area contributed by atoms with Gasteiger partial charge in [-0.05, 0) is 13.3 Å². The molecule has 0 spiro atoms. The van der Waals surface area contributed by atoms with Crippen LogP contribution in [0.2, 0.25) is 0 Å². The van der Waals surface area contributed by atoms with Crippen LogP contribution in [0.1, 0.15) is 26.7 Å². The van der Waals surface area contributed by atoms with Crippen LogP contribution in [0.15, 0.2) is 0 Å². The van der Waals surface area contributed by atoms with Crippen LogP contribution in [-0.2, 0) is 0 Å². The maximum Gasteiger partial charge on any atom is 0.280 e. The molecule has 2 nitrogen and oxygen atoms in total. The summed E-state index contributed by atoms with van der Waals surface area (Å²) in [7, 11) is 0. The van der Waals surface area contributed by atoms with E-state index in [-0.39, 0.29) is 3.91 Å². The van der Waals surface area contributed by atoms with Crippen LogP contribution < -0.4 is 5.32 Å². The van der Waals surface area contributed by atoms with Crippen molar-refractivity contribution in [1.82, 2.24) is 5.32 Å². The average molecular weight is 241 g/mol. The number of hydrogen-bond donors (Lipinski definition) is 1. The Morgan fingerprint density at radius 2 is 2.33 bits per heavy atom. The van der Waals surface area contributed by atoms with E-state index >= 15 is 0 Å². The summed E-state index contributed by atoms with van der Waals surface area (Å²) in [6, 6.07) is 0.333. The molecule has 0 aliphatic heterocycles.